The van der Waals surface area contributed by atoms with Crippen molar-refractivity contribution in [2.45, 2.75) is 45.7 Å². The highest BCUT2D eigenvalue weighted by atomic mass is 19.1. The molecule has 0 aliphatic carbocycles. The van der Waals surface area contributed by atoms with Gasteiger partial charge in [0.1, 0.15) is 17.9 Å². The molecule has 0 aromatic heterocycles. The maximum Gasteiger partial charge on any atom is 0.325 e. The van der Waals surface area contributed by atoms with Gasteiger partial charge in [-0.1, -0.05) is 20.3 Å². The van der Waals surface area contributed by atoms with Crippen molar-refractivity contribution >= 4 is 29.4 Å². The van der Waals surface area contributed by atoms with E-state index < -0.39 is 41.6 Å². The van der Waals surface area contributed by atoms with Crippen molar-refractivity contribution in [3.05, 3.63) is 30.1 Å². The number of halogens is 1. The number of nitrogens with one attached hydrogen (secondary N) is 2. The van der Waals surface area contributed by atoms with Gasteiger partial charge in [0, 0.05) is 18.7 Å². The zero-order chi connectivity index (χ0) is 21.7. The number of rotatable bonds is 8. The van der Waals surface area contributed by atoms with E-state index in [9.17, 15) is 23.6 Å². The summed E-state index contributed by atoms with van der Waals surface area (Å²) in [6, 6.07) is 3.41. The molecule has 158 valence electrons. The van der Waals surface area contributed by atoms with Gasteiger partial charge in [0.25, 0.3) is 0 Å². The van der Waals surface area contributed by atoms with Crippen LogP contribution in [-0.4, -0.2) is 47.4 Å². The molecule has 3 N–H and O–H groups in total. The molecule has 1 fully saturated rings. The van der Waals surface area contributed by atoms with Crippen molar-refractivity contribution < 1.29 is 28.7 Å². The Balaban J connectivity index is 2.07. The molecule has 0 radical (unpaired) electrons. The van der Waals surface area contributed by atoms with Gasteiger partial charge in [-0.3, -0.25) is 19.2 Å². The molecular weight excluding hydrogens is 381 g/mol. The molecule has 9 heteroatoms. The number of carbonyl (C=O) groups excluding carboxylic acids is 3. The van der Waals surface area contributed by atoms with Crippen molar-refractivity contribution in [1.82, 2.24) is 10.6 Å². The SMILES string of the molecule is CCC(C)[C@H](NC(=O)C1CC(=O)N(c2ccc(F)cc2)C1)C(=O)N[C@@H](C)C(=O)O. The van der Waals surface area contributed by atoms with Crippen LogP contribution in [0.3, 0.4) is 0 Å². The van der Waals surface area contributed by atoms with Crippen LogP contribution in [0.2, 0.25) is 0 Å². The summed E-state index contributed by atoms with van der Waals surface area (Å²) in [6.07, 6.45) is 0.564. The summed E-state index contributed by atoms with van der Waals surface area (Å²) in [5.74, 6) is -3.79. The standard InChI is InChI=1S/C20H26FN3O5/c1-4-11(2)17(19(27)22-12(3)20(28)29)23-18(26)13-9-16(25)24(10-13)15-7-5-14(21)6-8-15/h5-8,11-13,17H,4,9-10H2,1-3H3,(H,22,27)(H,23,26)(H,28,29)/t11?,12-,13?,17-/m0/s1. The summed E-state index contributed by atoms with van der Waals surface area (Å²) in [4.78, 5) is 49.9. The minimum atomic E-state index is -1.18. The molecule has 0 bridgehead atoms. The quantitative estimate of drug-likeness (QED) is 0.601. The van der Waals surface area contributed by atoms with Crippen LogP contribution in [0.1, 0.15) is 33.6 Å². The van der Waals surface area contributed by atoms with Gasteiger partial charge in [-0.2, -0.15) is 0 Å². The molecule has 1 saturated heterocycles. The van der Waals surface area contributed by atoms with E-state index >= 15 is 0 Å². The van der Waals surface area contributed by atoms with E-state index in [1.807, 2.05) is 6.92 Å². The van der Waals surface area contributed by atoms with Crippen LogP contribution in [0.15, 0.2) is 24.3 Å². The minimum absolute atomic E-state index is 0.0242. The summed E-state index contributed by atoms with van der Waals surface area (Å²) in [6.45, 7) is 5.09. The third-order valence-electron chi connectivity index (χ3n) is 5.16. The molecule has 1 aromatic carbocycles. The topological polar surface area (TPSA) is 116 Å². The van der Waals surface area contributed by atoms with Crippen molar-refractivity contribution in [2.75, 3.05) is 11.4 Å². The summed E-state index contributed by atoms with van der Waals surface area (Å²) < 4.78 is 13.1. The van der Waals surface area contributed by atoms with Gasteiger partial charge in [0.2, 0.25) is 17.7 Å². The molecule has 4 atom stereocenters. The normalized spacial score (nSPS) is 19.4. The number of benzene rings is 1. The molecule has 1 aromatic rings. The lowest BCUT2D eigenvalue weighted by molar-refractivity contribution is -0.142. The fourth-order valence-electron chi connectivity index (χ4n) is 3.09. The third-order valence-corrected chi connectivity index (χ3v) is 5.16. The summed E-state index contributed by atoms with van der Waals surface area (Å²) in [5, 5.41) is 14.0. The number of carboxylic acids is 1. The Morgan fingerprint density at radius 1 is 1.21 bits per heavy atom. The van der Waals surface area contributed by atoms with Crippen LogP contribution in [0.4, 0.5) is 10.1 Å². The summed E-state index contributed by atoms with van der Waals surface area (Å²) >= 11 is 0. The minimum Gasteiger partial charge on any atom is -0.480 e. The maximum atomic E-state index is 13.1. The molecular formula is C20H26FN3O5. The molecule has 3 amide bonds. The van der Waals surface area contributed by atoms with Gasteiger partial charge in [-0.05, 0) is 37.1 Å². The highest BCUT2D eigenvalue weighted by molar-refractivity contribution is 6.01. The highest BCUT2D eigenvalue weighted by Gasteiger charge is 2.37. The maximum absolute atomic E-state index is 13.1. The van der Waals surface area contributed by atoms with E-state index in [0.717, 1.165) is 0 Å². The predicted octanol–water partition coefficient (Wildman–Crippen LogP) is 1.30. The Morgan fingerprint density at radius 3 is 2.38 bits per heavy atom. The smallest absolute Gasteiger partial charge is 0.325 e. The lowest BCUT2D eigenvalue weighted by atomic mass is 9.96. The summed E-state index contributed by atoms with van der Waals surface area (Å²) in [5.41, 5.74) is 0.498. The second-order valence-corrected chi connectivity index (χ2v) is 7.32. The van der Waals surface area contributed by atoms with Crippen molar-refractivity contribution in [3.8, 4) is 0 Å². The van der Waals surface area contributed by atoms with E-state index in [4.69, 9.17) is 5.11 Å². The van der Waals surface area contributed by atoms with Gasteiger partial charge in [-0.15, -0.1) is 0 Å². The second-order valence-electron chi connectivity index (χ2n) is 7.32. The van der Waals surface area contributed by atoms with Crippen LogP contribution in [0.5, 0.6) is 0 Å². The lowest BCUT2D eigenvalue weighted by Gasteiger charge is -2.26. The van der Waals surface area contributed by atoms with Crippen LogP contribution in [0, 0.1) is 17.7 Å². The average molecular weight is 407 g/mol. The molecule has 2 rings (SSSR count). The highest BCUT2D eigenvalue weighted by Crippen LogP contribution is 2.25. The third kappa shape index (κ3) is 5.52. The number of hydrogen-bond donors (Lipinski definition) is 3. The molecule has 0 saturated carbocycles. The van der Waals surface area contributed by atoms with E-state index in [1.165, 1.54) is 36.1 Å². The van der Waals surface area contributed by atoms with E-state index in [0.29, 0.717) is 12.1 Å². The Hall–Kier alpha value is -2.97. The first-order valence-electron chi connectivity index (χ1n) is 9.53. The molecule has 1 aliphatic rings. The second kappa shape index (κ2) is 9.49. The van der Waals surface area contributed by atoms with Gasteiger partial charge in [0.15, 0.2) is 0 Å². The van der Waals surface area contributed by atoms with Crippen LogP contribution in [0.25, 0.3) is 0 Å². The molecule has 1 heterocycles. The Morgan fingerprint density at radius 2 is 1.83 bits per heavy atom. The number of nitrogens with zero attached hydrogens (tertiary/aromatic N) is 1. The first kappa shape index (κ1) is 22.3. The fraction of sp³-hybridized carbons (Fsp3) is 0.500. The van der Waals surface area contributed by atoms with E-state index in [2.05, 4.69) is 10.6 Å². The van der Waals surface area contributed by atoms with Crippen LogP contribution < -0.4 is 15.5 Å². The van der Waals surface area contributed by atoms with Crippen LogP contribution in [-0.2, 0) is 19.2 Å². The first-order chi connectivity index (χ1) is 13.6. The van der Waals surface area contributed by atoms with Crippen molar-refractivity contribution in [3.63, 3.8) is 0 Å². The number of hydrogen-bond acceptors (Lipinski definition) is 4. The number of amides is 3. The van der Waals surface area contributed by atoms with Gasteiger partial charge in [0.05, 0.1) is 5.92 Å². The number of aliphatic carboxylic acids is 1. The van der Waals surface area contributed by atoms with Crippen molar-refractivity contribution in [2.24, 2.45) is 11.8 Å². The molecule has 1 aliphatic heterocycles. The van der Waals surface area contributed by atoms with Gasteiger partial charge in [-0.25, -0.2) is 4.39 Å². The number of anilines is 1. The molecule has 0 spiro atoms. The predicted molar refractivity (Wildman–Crippen MR) is 103 cm³/mol. The average Bonchev–Trinajstić information content (AvgIpc) is 3.07. The van der Waals surface area contributed by atoms with Gasteiger partial charge < -0.3 is 20.6 Å². The van der Waals surface area contributed by atoms with Crippen molar-refractivity contribution in [1.29, 1.82) is 0 Å². The van der Waals surface area contributed by atoms with Gasteiger partial charge >= 0.3 is 5.97 Å². The number of carboxylic acid groups (broad SMARTS) is 1. The monoisotopic (exact) mass is 407 g/mol. The molecule has 2 unspecified atom stereocenters. The zero-order valence-corrected chi connectivity index (χ0v) is 16.6. The Kier molecular flexibility index (Phi) is 7.30. The van der Waals surface area contributed by atoms with E-state index in [-0.39, 0.29) is 24.8 Å². The van der Waals surface area contributed by atoms with Crippen LogP contribution >= 0.6 is 0 Å². The Bertz CT molecular complexity index is 783. The molecule has 8 nitrogen and oxygen atoms in total. The molecule has 29 heavy (non-hydrogen) atoms. The first-order valence-corrected chi connectivity index (χ1v) is 9.53. The summed E-state index contributed by atoms with van der Waals surface area (Å²) in [7, 11) is 0. The lowest BCUT2D eigenvalue weighted by Crippen LogP contribution is -2.54. The zero-order valence-electron chi connectivity index (χ0n) is 16.6. The van der Waals surface area contributed by atoms with E-state index in [1.54, 1.807) is 6.92 Å². The Labute approximate surface area is 168 Å². The largest absolute Gasteiger partial charge is 0.480 e. The number of carbonyl (C=O) groups is 4. The fourth-order valence-corrected chi connectivity index (χ4v) is 3.09.